The summed E-state index contributed by atoms with van der Waals surface area (Å²) in [5.74, 6) is 1.96. The predicted octanol–water partition coefficient (Wildman–Crippen LogP) is 3.14. The van der Waals surface area contributed by atoms with Crippen LogP contribution in [0.25, 0.3) is 0 Å². The third kappa shape index (κ3) is 5.01. The van der Waals surface area contributed by atoms with E-state index in [0.717, 1.165) is 19.1 Å². The summed E-state index contributed by atoms with van der Waals surface area (Å²) in [5, 5.41) is 0. The number of thioether (sulfide) groups is 1. The SMILES string of the molecule is CN(CCCSc1ccccc1)CC1CCOC1. The molecule has 1 unspecified atom stereocenters. The van der Waals surface area contributed by atoms with Crippen LogP contribution in [-0.4, -0.2) is 44.0 Å². The highest BCUT2D eigenvalue weighted by Crippen LogP contribution is 2.18. The lowest BCUT2D eigenvalue weighted by molar-refractivity contribution is 0.174. The van der Waals surface area contributed by atoms with Crippen LogP contribution in [0.3, 0.4) is 0 Å². The van der Waals surface area contributed by atoms with E-state index in [2.05, 4.69) is 42.3 Å². The molecule has 3 heteroatoms. The Balaban J connectivity index is 1.54. The molecule has 1 aliphatic rings. The van der Waals surface area contributed by atoms with E-state index in [1.54, 1.807) is 0 Å². The number of nitrogens with zero attached hydrogens (tertiary/aromatic N) is 1. The van der Waals surface area contributed by atoms with Gasteiger partial charge < -0.3 is 9.64 Å². The van der Waals surface area contributed by atoms with Crippen LogP contribution in [0.1, 0.15) is 12.8 Å². The Morgan fingerprint density at radius 3 is 2.89 bits per heavy atom. The van der Waals surface area contributed by atoms with Crippen LogP contribution in [0, 0.1) is 5.92 Å². The molecule has 1 saturated heterocycles. The van der Waals surface area contributed by atoms with Gasteiger partial charge in [-0.2, -0.15) is 0 Å². The fraction of sp³-hybridized carbons (Fsp3) is 0.600. The molecule has 0 aromatic heterocycles. The van der Waals surface area contributed by atoms with Gasteiger partial charge in [0.25, 0.3) is 0 Å². The normalized spacial score (nSPS) is 19.6. The summed E-state index contributed by atoms with van der Waals surface area (Å²) in [5.41, 5.74) is 0. The van der Waals surface area contributed by atoms with Crippen LogP contribution in [0.4, 0.5) is 0 Å². The van der Waals surface area contributed by atoms with Gasteiger partial charge in [-0.05, 0) is 50.2 Å². The minimum Gasteiger partial charge on any atom is -0.381 e. The Labute approximate surface area is 115 Å². The molecule has 1 aromatic rings. The zero-order chi connectivity index (χ0) is 12.6. The molecule has 0 spiro atoms. The maximum Gasteiger partial charge on any atom is 0.0507 e. The van der Waals surface area contributed by atoms with E-state index in [1.165, 1.54) is 36.6 Å². The minimum atomic E-state index is 0.761. The highest BCUT2D eigenvalue weighted by molar-refractivity contribution is 7.99. The van der Waals surface area contributed by atoms with Gasteiger partial charge in [0.05, 0.1) is 6.61 Å². The van der Waals surface area contributed by atoms with E-state index in [4.69, 9.17) is 4.74 Å². The number of hydrogen-bond acceptors (Lipinski definition) is 3. The van der Waals surface area contributed by atoms with Gasteiger partial charge in [-0.1, -0.05) is 18.2 Å². The van der Waals surface area contributed by atoms with Crippen molar-refractivity contribution in [3.8, 4) is 0 Å². The van der Waals surface area contributed by atoms with Crippen molar-refractivity contribution in [1.29, 1.82) is 0 Å². The molecule has 1 aromatic carbocycles. The first-order chi connectivity index (χ1) is 8.84. The second kappa shape index (κ2) is 7.82. The molecule has 1 aliphatic heterocycles. The molecule has 2 rings (SSSR count). The van der Waals surface area contributed by atoms with Crippen LogP contribution in [0.5, 0.6) is 0 Å². The quantitative estimate of drug-likeness (QED) is 0.555. The summed E-state index contributed by atoms with van der Waals surface area (Å²) < 4.78 is 5.41. The Hall–Kier alpha value is -0.510. The van der Waals surface area contributed by atoms with Crippen molar-refractivity contribution >= 4 is 11.8 Å². The minimum absolute atomic E-state index is 0.761. The van der Waals surface area contributed by atoms with Crippen molar-refractivity contribution in [1.82, 2.24) is 4.90 Å². The van der Waals surface area contributed by atoms with Crippen molar-refractivity contribution in [3.63, 3.8) is 0 Å². The van der Waals surface area contributed by atoms with E-state index < -0.39 is 0 Å². The lowest BCUT2D eigenvalue weighted by atomic mass is 10.1. The van der Waals surface area contributed by atoms with Crippen molar-refractivity contribution in [2.75, 3.05) is 39.1 Å². The number of benzene rings is 1. The maximum atomic E-state index is 5.41. The van der Waals surface area contributed by atoms with Crippen molar-refractivity contribution in [3.05, 3.63) is 30.3 Å². The first-order valence-electron chi connectivity index (χ1n) is 6.79. The Morgan fingerprint density at radius 1 is 1.33 bits per heavy atom. The second-order valence-corrected chi connectivity index (χ2v) is 6.18. The molecule has 18 heavy (non-hydrogen) atoms. The first-order valence-corrected chi connectivity index (χ1v) is 7.77. The third-order valence-electron chi connectivity index (χ3n) is 3.29. The summed E-state index contributed by atoms with van der Waals surface area (Å²) in [6.07, 6.45) is 2.49. The molecule has 1 heterocycles. The molecule has 0 amide bonds. The molecule has 0 aliphatic carbocycles. The average Bonchev–Trinajstić information content (AvgIpc) is 2.89. The molecule has 1 fully saturated rings. The van der Waals surface area contributed by atoms with Crippen LogP contribution >= 0.6 is 11.8 Å². The molecule has 1 atom stereocenters. The average molecular weight is 265 g/mol. The number of ether oxygens (including phenoxy) is 1. The van der Waals surface area contributed by atoms with E-state index in [0.29, 0.717) is 0 Å². The predicted molar refractivity (Wildman–Crippen MR) is 78.2 cm³/mol. The molecule has 2 nitrogen and oxygen atoms in total. The molecular weight excluding hydrogens is 242 g/mol. The number of hydrogen-bond donors (Lipinski definition) is 0. The molecular formula is C15H23NOS. The highest BCUT2D eigenvalue weighted by atomic mass is 32.2. The van der Waals surface area contributed by atoms with E-state index >= 15 is 0 Å². The third-order valence-corrected chi connectivity index (χ3v) is 4.39. The van der Waals surface area contributed by atoms with Crippen LogP contribution in [-0.2, 0) is 4.74 Å². The van der Waals surface area contributed by atoms with Gasteiger partial charge in [0.15, 0.2) is 0 Å². The molecule has 0 saturated carbocycles. The van der Waals surface area contributed by atoms with Gasteiger partial charge >= 0.3 is 0 Å². The zero-order valence-electron chi connectivity index (χ0n) is 11.2. The lowest BCUT2D eigenvalue weighted by Gasteiger charge is -2.19. The molecule has 0 bridgehead atoms. The molecule has 100 valence electrons. The van der Waals surface area contributed by atoms with Gasteiger partial charge in [-0.15, -0.1) is 11.8 Å². The second-order valence-electron chi connectivity index (χ2n) is 5.01. The van der Waals surface area contributed by atoms with E-state index in [9.17, 15) is 0 Å². The first kappa shape index (κ1) is 13.9. The summed E-state index contributed by atoms with van der Waals surface area (Å²) in [4.78, 5) is 3.83. The van der Waals surface area contributed by atoms with Gasteiger partial charge in [-0.25, -0.2) is 0 Å². The lowest BCUT2D eigenvalue weighted by Crippen LogP contribution is -2.27. The van der Waals surface area contributed by atoms with E-state index in [-0.39, 0.29) is 0 Å². The summed E-state index contributed by atoms with van der Waals surface area (Å²) >= 11 is 1.95. The summed E-state index contributed by atoms with van der Waals surface area (Å²) in [6, 6.07) is 10.7. The monoisotopic (exact) mass is 265 g/mol. The standard InChI is InChI=1S/C15H23NOS/c1-16(12-14-8-10-17-13-14)9-5-11-18-15-6-3-2-4-7-15/h2-4,6-7,14H,5,8-13H2,1H3. The van der Waals surface area contributed by atoms with Gasteiger partial charge in [0.2, 0.25) is 0 Å². The van der Waals surface area contributed by atoms with Crippen molar-refractivity contribution in [2.45, 2.75) is 17.7 Å². The van der Waals surface area contributed by atoms with Crippen LogP contribution in [0.15, 0.2) is 35.2 Å². The topological polar surface area (TPSA) is 12.5 Å². The van der Waals surface area contributed by atoms with Crippen LogP contribution in [0.2, 0.25) is 0 Å². The largest absolute Gasteiger partial charge is 0.381 e. The van der Waals surface area contributed by atoms with Gasteiger partial charge in [-0.3, -0.25) is 0 Å². The number of rotatable bonds is 7. The van der Waals surface area contributed by atoms with E-state index in [1.807, 2.05) is 11.8 Å². The Morgan fingerprint density at radius 2 is 2.17 bits per heavy atom. The van der Waals surface area contributed by atoms with Crippen molar-refractivity contribution in [2.24, 2.45) is 5.92 Å². The fourth-order valence-electron chi connectivity index (χ4n) is 2.30. The zero-order valence-corrected chi connectivity index (χ0v) is 12.0. The van der Waals surface area contributed by atoms with Crippen molar-refractivity contribution < 1.29 is 4.74 Å². The maximum absolute atomic E-state index is 5.41. The van der Waals surface area contributed by atoms with Gasteiger partial charge in [0.1, 0.15) is 0 Å². The summed E-state index contributed by atoms with van der Waals surface area (Å²) in [6.45, 7) is 4.30. The highest BCUT2D eigenvalue weighted by Gasteiger charge is 2.16. The Kier molecular flexibility index (Phi) is 6.05. The fourth-order valence-corrected chi connectivity index (χ4v) is 3.16. The van der Waals surface area contributed by atoms with Crippen LogP contribution < -0.4 is 0 Å². The van der Waals surface area contributed by atoms with Gasteiger partial charge in [0, 0.05) is 18.0 Å². The summed E-state index contributed by atoms with van der Waals surface area (Å²) in [7, 11) is 2.23. The smallest absolute Gasteiger partial charge is 0.0507 e. The molecule has 0 radical (unpaired) electrons. The molecule has 0 N–H and O–H groups in total. The Bertz CT molecular complexity index is 325.